The van der Waals surface area contributed by atoms with Crippen LogP contribution in [0.5, 0.6) is 0 Å². The molecule has 0 aromatic carbocycles. The van der Waals surface area contributed by atoms with Crippen LogP contribution in [-0.2, 0) is 30.9 Å². The zero-order valence-corrected chi connectivity index (χ0v) is 8.32. The first-order chi connectivity index (χ1) is 5.73. The first-order valence-corrected chi connectivity index (χ1v) is 2.76. The van der Waals surface area contributed by atoms with E-state index in [0.29, 0.717) is 0 Å². The molecule has 0 aliphatic carbocycles. The zero-order valence-electron chi connectivity index (χ0n) is 7.33. The molecule has 84 valence electrons. The van der Waals surface area contributed by atoms with E-state index in [9.17, 15) is 0 Å². The Balaban J connectivity index is -0.0000000522. The van der Waals surface area contributed by atoms with Crippen LogP contribution in [0.2, 0.25) is 0 Å². The molecule has 0 rings (SSSR count). The molecule has 0 aromatic heterocycles. The fraction of sp³-hybridized carbons (Fsp3) is 0.333. The number of hydrogen-bond donors (Lipinski definition) is 3. The molecule has 0 atom stereocenters. The smallest absolute Gasteiger partial charge is 0.408 e. The molecule has 0 heterocycles. The standard InChI is InChI=1S/C2HNO2.2C2H4O2.Ni/c3-1-2(4)5;2*1-2(3)4;/h(H,4,5);2*1H3,(H,3,4);. The summed E-state index contributed by atoms with van der Waals surface area (Å²) in [6, 6.07) is 0.944. The fourth-order valence-corrected chi connectivity index (χ4v) is 0. The van der Waals surface area contributed by atoms with Crippen molar-refractivity contribution in [3.05, 3.63) is 0 Å². The number of hydrogen-bond acceptors (Lipinski definition) is 4. The Morgan fingerprint density at radius 3 is 1.07 bits per heavy atom. The summed E-state index contributed by atoms with van der Waals surface area (Å²) in [6.45, 7) is 2.17. The molecule has 0 saturated heterocycles. The molecule has 0 fully saturated rings. The SMILES string of the molecule is CC(=O)O.CC(=O)O.N#CC(=O)O.[Ni]. The van der Waals surface area contributed by atoms with Gasteiger partial charge in [0.05, 0.1) is 0 Å². The van der Waals surface area contributed by atoms with Gasteiger partial charge < -0.3 is 15.3 Å². The molecule has 3 N–H and O–H groups in total. The van der Waals surface area contributed by atoms with Crippen molar-refractivity contribution >= 4 is 17.9 Å². The normalized spacial score (nSPS) is 5.50. The minimum atomic E-state index is -1.44. The van der Waals surface area contributed by atoms with Gasteiger partial charge in [-0.25, -0.2) is 4.79 Å². The molecule has 0 aliphatic heterocycles. The van der Waals surface area contributed by atoms with Crippen molar-refractivity contribution in [1.82, 2.24) is 0 Å². The van der Waals surface area contributed by atoms with Gasteiger partial charge in [0, 0.05) is 30.3 Å². The molecular formula is C6H9NNiO6. The summed E-state index contributed by atoms with van der Waals surface area (Å²) in [4.78, 5) is 27.0. The van der Waals surface area contributed by atoms with Gasteiger partial charge in [-0.15, -0.1) is 0 Å². The van der Waals surface area contributed by atoms with Gasteiger partial charge in [-0.05, 0) is 0 Å². The Hall–Kier alpha value is -1.61. The zero-order chi connectivity index (χ0) is 11.4. The third kappa shape index (κ3) is 5920. The molecule has 7 nitrogen and oxygen atoms in total. The third-order valence-corrected chi connectivity index (χ3v) is 0.0956. The second-order valence-electron chi connectivity index (χ2n) is 1.45. The average Bonchev–Trinajstić information content (AvgIpc) is 1.84. The topological polar surface area (TPSA) is 136 Å². The van der Waals surface area contributed by atoms with Crippen molar-refractivity contribution in [2.24, 2.45) is 0 Å². The summed E-state index contributed by atoms with van der Waals surface area (Å²) < 4.78 is 0. The van der Waals surface area contributed by atoms with E-state index in [0.717, 1.165) is 19.9 Å². The van der Waals surface area contributed by atoms with Crippen LogP contribution in [0.1, 0.15) is 13.8 Å². The summed E-state index contributed by atoms with van der Waals surface area (Å²) in [5.41, 5.74) is 0. The molecule has 14 heavy (non-hydrogen) atoms. The monoisotopic (exact) mass is 249 g/mol. The van der Waals surface area contributed by atoms with E-state index in [4.69, 9.17) is 35.0 Å². The molecule has 0 aromatic rings. The van der Waals surface area contributed by atoms with Crippen LogP contribution >= 0.6 is 0 Å². The van der Waals surface area contributed by atoms with E-state index in [1.54, 1.807) is 0 Å². The maximum atomic E-state index is 9.01. The fourth-order valence-electron chi connectivity index (χ4n) is 0. The van der Waals surface area contributed by atoms with Crippen molar-refractivity contribution in [2.45, 2.75) is 13.8 Å². The number of carboxylic acid groups (broad SMARTS) is 3. The van der Waals surface area contributed by atoms with E-state index in [-0.39, 0.29) is 16.5 Å². The van der Waals surface area contributed by atoms with Crippen molar-refractivity contribution in [1.29, 1.82) is 5.26 Å². The van der Waals surface area contributed by atoms with Crippen LogP contribution in [0.15, 0.2) is 0 Å². The van der Waals surface area contributed by atoms with Gasteiger partial charge in [0.15, 0.2) is 6.07 Å². The van der Waals surface area contributed by atoms with Gasteiger partial charge in [0.1, 0.15) is 0 Å². The first-order valence-electron chi connectivity index (χ1n) is 2.76. The molecule has 8 heteroatoms. The predicted octanol–water partition coefficient (Wildman–Crippen LogP) is -0.226. The van der Waals surface area contributed by atoms with E-state index in [2.05, 4.69) is 0 Å². The van der Waals surface area contributed by atoms with Crippen LogP contribution < -0.4 is 0 Å². The maximum absolute atomic E-state index is 9.01. The van der Waals surface area contributed by atoms with Crippen LogP contribution in [0.25, 0.3) is 0 Å². The molecule has 0 bridgehead atoms. The van der Waals surface area contributed by atoms with E-state index < -0.39 is 17.9 Å². The van der Waals surface area contributed by atoms with Crippen molar-refractivity contribution in [2.75, 3.05) is 0 Å². The number of nitriles is 1. The molecule has 0 unspecified atom stereocenters. The molecular weight excluding hydrogens is 241 g/mol. The number of aliphatic carboxylic acids is 3. The molecule has 0 aliphatic rings. The van der Waals surface area contributed by atoms with Gasteiger partial charge in [0.2, 0.25) is 0 Å². The third-order valence-electron chi connectivity index (χ3n) is 0.0956. The minimum absolute atomic E-state index is 0. The number of carboxylic acids is 3. The van der Waals surface area contributed by atoms with E-state index in [1.807, 2.05) is 0 Å². The van der Waals surface area contributed by atoms with Gasteiger partial charge >= 0.3 is 5.97 Å². The Morgan fingerprint density at radius 2 is 1.07 bits per heavy atom. The summed E-state index contributed by atoms with van der Waals surface area (Å²) in [6.07, 6.45) is 0. The molecule has 0 spiro atoms. The van der Waals surface area contributed by atoms with Crippen molar-refractivity contribution in [3.8, 4) is 6.07 Å². The van der Waals surface area contributed by atoms with Gasteiger partial charge in [-0.2, -0.15) is 5.26 Å². The maximum Gasteiger partial charge on any atom is 0.408 e. The van der Waals surface area contributed by atoms with Gasteiger partial charge in [-0.1, -0.05) is 0 Å². The second-order valence-corrected chi connectivity index (χ2v) is 1.45. The number of nitrogens with zero attached hydrogens (tertiary/aromatic N) is 1. The van der Waals surface area contributed by atoms with Crippen LogP contribution in [0.3, 0.4) is 0 Å². The van der Waals surface area contributed by atoms with Gasteiger partial charge in [0.25, 0.3) is 11.9 Å². The molecule has 0 amide bonds. The molecule has 0 radical (unpaired) electrons. The second kappa shape index (κ2) is 17.5. The first kappa shape index (κ1) is 22.8. The van der Waals surface area contributed by atoms with E-state index in [1.165, 1.54) is 0 Å². The van der Waals surface area contributed by atoms with Gasteiger partial charge in [-0.3, -0.25) is 9.59 Å². The number of rotatable bonds is 0. The Labute approximate surface area is 89.9 Å². The Kier molecular flexibility index (Phi) is 28.5. The minimum Gasteiger partial charge on any atom is -0.481 e. The number of carbonyl (C=O) groups is 3. The van der Waals surface area contributed by atoms with Crippen LogP contribution in [0, 0.1) is 11.3 Å². The van der Waals surface area contributed by atoms with Crippen LogP contribution in [0.4, 0.5) is 0 Å². The Morgan fingerprint density at radius 1 is 1.00 bits per heavy atom. The van der Waals surface area contributed by atoms with Crippen LogP contribution in [-0.4, -0.2) is 33.2 Å². The van der Waals surface area contributed by atoms with Crippen molar-refractivity contribution in [3.63, 3.8) is 0 Å². The van der Waals surface area contributed by atoms with E-state index >= 15 is 0 Å². The predicted molar refractivity (Wildman–Crippen MR) is 39.9 cm³/mol. The summed E-state index contributed by atoms with van der Waals surface area (Å²) >= 11 is 0. The largest absolute Gasteiger partial charge is 0.481 e. The summed E-state index contributed by atoms with van der Waals surface area (Å²) in [5.74, 6) is -3.11. The molecule has 0 saturated carbocycles. The quantitative estimate of drug-likeness (QED) is 0.307. The summed E-state index contributed by atoms with van der Waals surface area (Å²) in [7, 11) is 0. The Bertz CT molecular complexity index is 201. The van der Waals surface area contributed by atoms with Crippen molar-refractivity contribution < 1.29 is 46.2 Å². The average molecular weight is 250 g/mol. The summed E-state index contributed by atoms with van der Waals surface area (Å²) in [5, 5.41) is 29.5.